The number of likely N-dealkylation sites (tertiary alicyclic amines) is 1. The molecule has 0 aliphatic carbocycles. The fourth-order valence-corrected chi connectivity index (χ4v) is 4.96. The highest BCUT2D eigenvalue weighted by Gasteiger charge is 2.41. The fraction of sp³-hybridized carbons (Fsp3) is 0.792. The minimum Gasteiger partial charge on any atom is -0.384 e. The van der Waals surface area contributed by atoms with E-state index in [4.69, 9.17) is 21.1 Å². The van der Waals surface area contributed by atoms with Gasteiger partial charge in [-0.2, -0.15) is 5.10 Å². The van der Waals surface area contributed by atoms with E-state index >= 15 is 0 Å². The first-order chi connectivity index (χ1) is 17.6. The Bertz CT molecular complexity index is 796. The Morgan fingerprint density at radius 3 is 2.43 bits per heavy atom. The fourth-order valence-electron chi connectivity index (χ4n) is 4.96. The largest absolute Gasteiger partial charge is 0.384 e. The first kappa shape index (κ1) is 32.1. The average Bonchev–Trinajstić information content (AvgIpc) is 3.39. The molecule has 6 unspecified atom stereocenters. The van der Waals surface area contributed by atoms with E-state index in [0.717, 1.165) is 12.8 Å². The molecular weight excluding hydrogens is 482 g/mol. The van der Waals surface area contributed by atoms with Crippen molar-refractivity contribution in [2.24, 2.45) is 28.5 Å². The third-order valence-electron chi connectivity index (χ3n) is 7.25. The van der Waals surface area contributed by atoms with Gasteiger partial charge in [0.05, 0.1) is 49.7 Å². The molecule has 1 aliphatic rings. The molecule has 1 aliphatic heterocycles. The Morgan fingerprint density at radius 1 is 1.22 bits per heavy atom. The molecule has 212 valence electrons. The summed E-state index contributed by atoms with van der Waals surface area (Å²) in [7, 11) is 4.71. The Labute approximate surface area is 219 Å². The summed E-state index contributed by atoms with van der Waals surface area (Å²) in [5.74, 6) is 4.00. The lowest BCUT2D eigenvalue weighted by Crippen LogP contribution is -2.54. The van der Waals surface area contributed by atoms with Crippen LogP contribution in [0.5, 0.6) is 0 Å². The number of hydrogen-bond donors (Lipinski definition) is 4. The van der Waals surface area contributed by atoms with Gasteiger partial charge >= 0.3 is 0 Å². The molecule has 6 N–H and O–H groups in total. The van der Waals surface area contributed by atoms with Gasteiger partial charge in [-0.3, -0.25) is 19.2 Å². The third-order valence-corrected chi connectivity index (χ3v) is 7.25. The number of carbonyl (C=O) groups excluding carboxylic acids is 4. The van der Waals surface area contributed by atoms with Gasteiger partial charge in [0.15, 0.2) is 0 Å². The monoisotopic (exact) mass is 527 g/mol. The van der Waals surface area contributed by atoms with E-state index < -0.39 is 18.1 Å². The molecule has 1 fully saturated rings. The van der Waals surface area contributed by atoms with Crippen LogP contribution in [-0.4, -0.2) is 105 Å². The van der Waals surface area contributed by atoms with E-state index in [1.807, 2.05) is 13.8 Å². The standard InChI is InChI=1S/C24H45N7O6/c1-7-15(2)22(30(4)21(34)13-27-14-32)18(36-5)11-20(33)31-10-8-9-17(31)23(37-6)16(3)24(35)28-12-19(25)29-26/h14-18,22-23H,7-13,26H2,1-6H3,(H2,25,29)(H,27,32)(H,28,35). The van der Waals surface area contributed by atoms with Crippen molar-refractivity contribution in [2.75, 3.05) is 40.9 Å². The average molecular weight is 528 g/mol. The number of amides is 4. The first-order valence-corrected chi connectivity index (χ1v) is 12.6. The molecule has 6 atom stereocenters. The number of nitrogens with zero attached hydrogens (tertiary/aromatic N) is 3. The summed E-state index contributed by atoms with van der Waals surface area (Å²) in [4.78, 5) is 52.8. The van der Waals surface area contributed by atoms with Gasteiger partial charge in [-0.25, -0.2) is 0 Å². The zero-order chi connectivity index (χ0) is 28.1. The van der Waals surface area contributed by atoms with E-state index in [2.05, 4.69) is 15.7 Å². The van der Waals surface area contributed by atoms with Crippen molar-refractivity contribution in [1.29, 1.82) is 0 Å². The van der Waals surface area contributed by atoms with Crippen molar-refractivity contribution < 1.29 is 28.7 Å². The lowest BCUT2D eigenvalue weighted by molar-refractivity contribution is -0.145. The van der Waals surface area contributed by atoms with Crippen molar-refractivity contribution in [3.05, 3.63) is 0 Å². The van der Waals surface area contributed by atoms with Crippen LogP contribution in [0.3, 0.4) is 0 Å². The zero-order valence-corrected chi connectivity index (χ0v) is 22.9. The van der Waals surface area contributed by atoms with Crippen molar-refractivity contribution in [3.63, 3.8) is 0 Å². The number of likely N-dealkylation sites (N-methyl/N-ethyl adjacent to an activating group) is 1. The molecular formula is C24H45N7O6. The van der Waals surface area contributed by atoms with Crippen LogP contribution in [0.15, 0.2) is 5.10 Å². The second kappa shape index (κ2) is 16.0. The maximum atomic E-state index is 13.6. The number of ether oxygens (including phenoxy) is 2. The van der Waals surface area contributed by atoms with E-state index in [1.54, 1.807) is 23.8 Å². The van der Waals surface area contributed by atoms with Crippen LogP contribution in [0.4, 0.5) is 0 Å². The SMILES string of the molecule is CCC(C)C(C(CC(=O)N1CCCC1C(OC)C(C)C(=O)NC/C(N)=N/N)OC)N(C)C(=O)CNC=O. The molecule has 13 heteroatoms. The van der Waals surface area contributed by atoms with Gasteiger partial charge in [0.2, 0.25) is 24.1 Å². The van der Waals surface area contributed by atoms with Crippen LogP contribution >= 0.6 is 0 Å². The normalized spacial score (nSPS) is 19.9. The molecule has 4 amide bonds. The summed E-state index contributed by atoms with van der Waals surface area (Å²) in [5.41, 5.74) is 5.56. The molecule has 0 aromatic carbocycles. The number of amidine groups is 1. The number of methoxy groups -OCH3 is 2. The lowest BCUT2D eigenvalue weighted by atomic mass is 9.90. The van der Waals surface area contributed by atoms with Crippen LogP contribution in [0.1, 0.15) is 46.5 Å². The van der Waals surface area contributed by atoms with Crippen LogP contribution in [0.25, 0.3) is 0 Å². The highest BCUT2D eigenvalue weighted by Crippen LogP contribution is 2.29. The van der Waals surface area contributed by atoms with Gasteiger partial charge in [0.1, 0.15) is 5.84 Å². The number of hydrogen-bond acceptors (Lipinski definition) is 8. The van der Waals surface area contributed by atoms with Gasteiger partial charge in [-0.15, -0.1) is 0 Å². The molecule has 1 heterocycles. The second-order valence-electron chi connectivity index (χ2n) is 9.48. The van der Waals surface area contributed by atoms with Crippen LogP contribution in [0, 0.1) is 11.8 Å². The van der Waals surface area contributed by atoms with Crippen LogP contribution in [0.2, 0.25) is 0 Å². The van der Waals surface area contributed by atoms with Crippen molar-refractivity contribution in [3.8, 4) is 0 Å². The molecule has 0 bridgehead atoms. The number of nitrogens with one attached hydrogen (secondary N) is 2. The summed E-state index contributed by atoms with van der Waals surface area (Å²) < 4.78 is 11.5. The Hall–Kier alpha value is -2.93. The Kier molecular flexibility index (Phi) is 13.9. The minimum atomic E-state index is -0.561. The highest BCUT2D eigenvalue weighted by molar-refractivity contribution is 5.88. The number of nitrogens with two attached hydrogens (primary N) is 2. The molecule has 37 heavy (non-hydrogen) atoms. The summed E-state index contributed by atoms with van der Waals surface area (Å²) in [5, 5.41) is 8.42. The van der Waals surface area contributed by atoms with E-state index in [0.29, 0.717) is 19.4 Å². The van der Waals surface area contributed by atoms with Gasteiger partial charge in [-0.05, 0) is 18.8 Å². The number of carbonyl (C=O) groups is 4. The molecule has 0 aromatic rings. The van der Waals surface area contributed by atoms with Crippen molar-refractivity contribution >= 4 is 30.0 Å². The minimum absolute atomic E-state index is 0.0184. The van der Waals surface area contributed by atoms with Crippen LogP contribution < -0.4 is 22.2 Å². The molecule has 0 saturated carbocycles. The second-order valence-corrected chi connectivity index (χ2v) is 9.48. The summed E-state index contributed by atoms with van der Waals surface area (Å²) in [6, 6.07) is -0.673. The summed E-state index contributed by atoms with van der Waals surface area (Å²) >= 11 is 0. The van der Waals surface area contributed by atoms with E-state index in [-0.39, 0.29) is 61.1 Å². The predicted molar refractivity (Wildman–Crippen MR) is 139 cm³/mol. The topological polar surface area (TPSA) is 182 Å². The summed E-state index contributed by atoms with van der Waals surface area (Å²) in [6.45, 7) is 6.17. The molecule has 13 nitrogen and oxygen atoms in total. The predicted octanol–water partition coefficient (Wildman–Crippen LogP) is -1.00. The summed E-state index contributed by atoms with van der Waals surface area (Å²) in [6.07, 6.45) is 1.67. The highest BCUT2D eigenvalue weighted by atomic mass is 16.5. The molecule has 1 saturated heterocycles. The molecule has 1 rings (SSSR count). The zero-order valence-electron chi connectivity index (χ0n) is 22.9. The smallest absolute Gasteiger partial charge is 0.242 e. The third kappa shape index (κ3) is 8.85. The molecule has 0 spiro atoms. The molecule has 0 aromatic heterocycles. The Balaban J connectivity index is 3.04. The van der Waals surface area contributed by atoms with Crippen molar-refractivity contribution in [1.82, 2.24) is 20.4 Å². The van der Waals surface area contributed by atoms with E-state index in [9.17, 15) is 19.2 Å². The van der Waals surface area contributed by atoms with Gasteiger partial charge < -0.3 is 41.5 Å². The molecule has 0 radical (unpaired) electrons. The van der Waals surface area contributed by atoms with E-state index in [1.165, 1.54) is 14.2 Å². The maximum Gasteiger partial charge on any atom is 0.242 e. The van der Waals surface area contributed by atoms with Gasteiger partial charge in [0, 0.05) is 27.8 Å². The van der Waals surface area contributed by atoms with Crippen molar-refractivity contribution in [2.45, 2.75) is 70.7 Å². The van der Waals surface area contributed by atoms with Gasteiger partial charge in [0.25, 0.3) is 0 Å². The first-order valence-electron chi connectivity index (χ1n) is 12.6. The van der Waals surface area contributed by atoms with Gasteiger partial charge in [-0.1, -0.05) is 27.2 Å². The number of hydrazone groups is 1. The number of rotatable bonds is 16. The lowest BCUT2D eigenvalue weighted by Gasteiger charge is -2.39. The van der Waals surface area contributed by atoms with Crippen LogP contribution in [-0.2, 0) is 28.7 Å². The quantitative estimate of drug-likeness (QED) is 0.0648. The Morgan fingerprint density at radius 2 is 1.89 bits per heavy atom. The maximum absolute atomic E-state index is 13.6.